The molecule has 0 unspecified atom stereocenters. The van der Waals surface area contributed by atoms with Gasteiger partial charge in [-0.05, 0) is 12.1 Å². The number of benzene rings is 1. The first-order valence-electron chi connectivity index (χ1n) is 5.34. The molecular formula is C12H14O4. The average molecular weight is 222 g/mol. The van der Waals surface area contributed by atoms with Crippen LogP contribution >= 0.6 is 0 Å². The number of hydrogen-bond acceptors (Lipinski definition) is 3. The molecule has 0 saturated carbocycles. The summed E-state index contributed by atoms with van der Waals surface area (Å²) in [6.45, 7) is 1.36. The van der Waals surface area contributed by atoms with Gasteiger partial charge in [0.1, 0.15) is 17.4 Å². The summed E-state index contributed by atoms with van der Waals surface area (Å²) in [6.07, 6.45) is 1.69. The van der Waals surface area contributed by atoms with E-state index in [4.69, 9.17) is 14.6 Å². The molecule has 0 radical (unpaired) electrons. The molecule has 1 fully saturated rings. The van der Waals surface area contributed by atoms with Crippen LogP contribution in [0, 0.1) is 0 Å². The van der Waals surface area contributed by atoms with Crippen LogP contribution in [0.15, 0.2) is 24.3 Å². The molecule has 1 saturated heterocycles. The van der Waals surface area contributed by atoms with E-state index in [0.29, 0.717) is 19.0 Å². The van der Waals surface area contributed by atoms with E-state index >= 15 is 0 Å². The highest BCUT2D eigenvalue weighted by Gasteiger charge is 2.18. The van der Waals surface area contributed by atoms with Crippen LogP contribution in [0.25, 0.3) is 0 Å². The van der Waals surface area contributed by atoms with Crippen molar-refractivity contribution in [3.05, 3.63) is 29.8 Å². The largest absolute Gasteiger partial charge is 0.489 e. The maximum Gasteiger partial charge on any atom is 0.339 e. The summed E-state index contributed by atoms with van der Waals surface area (Å²) in [4.78, 5) is 11.0. The van der Waals surface area contributed by atoms with Crippen LogP contribution in [0.1, 0.15) is 23.2 Å². The third-order valence-corrected chi connectivity index (χ3v) is 2.58. The summed E-state index contributed by atoms with van der Waals surface area (Å²) in [7, 11) is 0. The third kappa shape index (κ3) is 2.52. The number of rotatable bonds is 3. The molecule has 1 heterocycles. The van der Waals surface area contributed by atoms with Crippen molar-refractivity contribution in [2.24, 2.45) is 0 Å². The smallest absolute Gasteiger partial charge is 0.339 e. The number of hydrogen-bond donors (Lipinski definition) is 1. The van der Waals surface area contributed by atoms with Crippen molar-refractivity contribution in [3.8, 4) is 5.75 Å². The summed E-state index contributed by atoms with van der Waals surface area (Å²) in [6, 6.07) is 6.72. The molecule has 1 aliphatic rings. The molecule has 86 valence electrons. The first-order chi connectivity index (χ1) is 7.77. The Bertz CT molecular complexity index is 369. The second kappa shape index (κ2) is 4.99. The lowest BCUT2D eigenvalue weighted by molar-refractivity contribution is 0.0248. The van der Waals surface area contributed by atoms with E-state index in [0.717, 1.165) is 12.8 Å². The Morgan fingerprint density at radius 2 is 2.00 bits per heavy atom. The van der Waals surface area contributed by atoms with Crippen molar-refractivity contribution >= 4 is 5.97 Å². The third-order valence-electron chi connectivity index (χ3n) is 2.58. The van der Waals surface area contributed by atoms with Crippen LogP contribution in [0.4, 0.5) is 0 Å². The van der Waals surface area contributed by atoms with Crippen molar-refractivity contribution in [3.63, 3.8) is 0 Å². The van der Waals surface area contributed by atoms with Crippen molar-refractivity contribution in [1.82, 2.24) is 0 Å². The lowest BCUT2D eigenvalue weighted by atomic mass is 10.1. The van der Waals surface area contributed by atoms with Crippen LogP contribution < -0.4 is 4.74 Å². The van der Waals surface area contributed by atoms with Crippen LogP contribution in [0.2, 0.25) is 0 Å². The van der Waals surface area contributed by atoms with Gasteiger partial charge in [-0.3, -0.25) is 0 Å². The average Bonchev–Trinajstić information content (AvgIpc) is 2.31. The normalized spacial score (nSPS) is 17.0. The fourth-order valence-electron chi connectivity index (χ4n) is 1.72. The number of ether oxygens (including phenoxy) is 2. The van der Waals surface area contributed by atoms with Gasteiger partial charge in [0.05, 0.1) is 13.2 Å². The molecule has 4 nitrogen and oxygen atoms in total. The summed E-state index contributed by atoms with van der Waals surface area (Å²) < 4.78 is 10.9. The summed E-state index contributed by atoms with van der Waals surface area (Å²) in [5.74, 6) is -0.510. The molecule has 0 aliphatic carbocycles. The van der Waals surface area contributed by atoms with Gasteiger partial charge < -0.3 is 14.6 Å². The fraction of sp³-hybridized carbons (Fsp3) is 0.417. The molecule has 0 bridgehead atoms. The predicted octanol–water partition coefficient (Wildman–Crippen LogP) is 1.94. The van der Waals surface area contributed by atoms with Crippen LogP contribution in [-0.2, 0) is 4.74 Å². The molecule has 0 spiro atoms. The molecule has 1 N–H and O–H groups in total. The van der Waals surface area contributed by atoms with E-state index in [1.165, 1.54) is 0 Å². The van der Waals surface area contributed by atoms with Crippen molar-refractivity contribution in [2.45, 2.75) is 18.9 Å². The summed E-state index contributed by atoms with van der Waals surface area (Å²) >= 11 is 0. The molecule has 16 heavy (non-hydrogen) atoms. The topological polar surface area (TPSA) is 55.8 Å². The minimum absolute atomic E-state index is 0.0641. The summed E-state index contributed by atoms with van der Waals surface area (Å²) in [5, 5.41) is 8.99. The number of aromatic carboxylic acids is 1. The fourth-order valence-corrected chi connectivity index (χ4v) is 1.72. The van der Waals surface area contributed by atoms with Gasteiger partial charge >= 0.3 is 5.97 Å². The van der Waals surface area contributed by atoms with E-state index in [-0.39, 0.29) is 11.7 Å². The van der Waals surface area contributed by atoms with Gasteiger partial charge in [-0.2, -0.15) is 0 Å². The zero-order chi connectivity index (χ0) is 11.4. The minimum Gasteiger partial charge on any atom is -0.489 e. The quantitative estimate of drug-likeness (QED) is 0.849. The number of carboxylic acids is 1. The molecule has 0 atom stereocenters. The minimum atomic E-state index is -0.956. The van der Waals surface area contributed by atoms with E-state index in [1.807, 2.05) is 0 Å². The van der Waals surface area contributed by atoms with Gasteiger partial charge in [0.2, 0.25) is 0 Å². The number of carbonyl (C=O) groups is 1. The molecular weight excluding hydrogens is 208 g/mol. The highest BCUT2D eigenvalue weighted by molar-refractivity contribution is 5.90. The Morgan fingerprint density at radius 1 is 1.31 bits per heavy atom. The van der Waals surface area contributed by atoms with E-state index < -0.39 is 5.97 Å². The van der Waals surface area contributed by atoms with Crippen LogP contribution in [0.3, 0.4) is 0 Å². The van der Waals surface area contributed by atoms with Crippen molar-refractivity contribution in [2.75, 3.05) is 13.2 Å². The number of carboxylic acid groups (broad SMARTS) is 1. The second-order valence-corrected chi connectivity index (χ2v) is 3.73. The van der Waals surface area contributed by atoms with Gasteiger partial charge in [-0.15, -0.1) is 0 Å². The van der Waals surface area contributed by atoms with Gasteiger partial charge in [0.25, 0.3) is 0 Å². The first kappa shape index (κ1) is 11.0. The predicted molar refractivity (Wildman–Crippen MR) is 57.9 cm³/mol. The molecule has 0 aromatic heterocycles. The van der Waals surface area contributed by atoms with Gasteiger partial charge in [-0.1, -0.05) is 12.1 Å². The number of para-hydroxylation sites is 1. The monoisotopic (exact) mass is 222 g/mol. The molecule has 0 amide bonds. The van der Waals surface area contributed by atoms with Crippen LogP contribution in [-0.4, -0.2) is 30.4 Å². The van der Waals surface area contributed by atoms with Crippen molar-refractivity contribution < 1.29 is 19.4 Å². The Morgan fingerprint density at radius 3 is 2.69 bits per heavy atom. The molecule has 4 heteroatoms. The maximum atomic E-state index is 11.0. The summed E-state index contributed by atoms with van der Waals surface area (Å²) in [5.41, 5.74) is 0.217. The second-order valence-electron chi connectivity index (χ2n) is 3.73. The van der Waals surface area contributed by atoms with E-state index in [1.54, 1.807) is 24.3 Å². The zero-order valence-electron chi connectivity index (χ0n) is 8.89. The standard InChI is InChI=1S/C12H14O4/c13-12(14)10-3-1-2-4-11(10)16-9-5-7-15-8-6-9/h1-4,9H,5-8H2,(H,13,14). The Balaban J connectivity index is 2.10. The van der Waals surface area contributed by atoms with Crippen LogP contribution in [0.5, 0.6) is 5.75 Å². The van der Waals surface area contributed by atoms with Gasteiger partial charge in [-0.25, -0.2) is 4.79 Å². The van der Waals surface area contributed by atoms with Gasteiger partial charge in [0.15, 0.2) is 0 Å². The first-order valence-corrected chi connectivity index (χ1v) is 5.34. The van der Waals surface area contributed by atoms with E-state index in [2.05, 4.69) is 0 Å². The van der Waals surface area contributed by atoms with Crippen molar-refractivity contribution in [1.29, 1.82) is 0 Å². The molecule has 2 rings (SSSR count). The van der Waals surface area contributed by atoms with Gasteiger partial charge in [0, 0.05) is 12.8 Å². The molecule has 1 aromatic rings. The lowest BCUT2D eigenvalue weighted by Gasteiger charge is -2.23. The SMILES string of the molecule is O=C(O)c1ccccc1OC1CCOCC1. The zero-order valence-corrected chi connectivity index (χ0v) is 8.89. The highest BCUT2D eigenvalue weighted by atomic mass is 16.5. The van der Waals surface area contributed by atoms with E-state index in [9.17, 15) is 4.79 Å². The lowest BCUT2D eigenvalue weighted by Crippen LogP contribution is -2.26. The Kier molecular flexibility index (Phi) is 3.41. The highest BCUT2D eigenvalue weighted by Crippen LogP contribution is 2.22. The molecule has 1 aromatic carbocycles. The maximum absolute atomic E-state index is 11.0. The Hall–Kier alpha value is -1.55. The Labute approximate surface area is 93.8 Å². The molecule has 1 aliphatic heterocycles.